The molecule has 2 saturated heterocycles. The highest BCUT2D eigenvalue weighted by Crippen LogP contribution is 2.25. The number of ketones is 1. The van der Waals surface area contributed by atoms with Gasteiger partial charge in [0.2, 0.25) is 5.91 Å². The minimum atomic E-state index is -0.914. The van der Waals surface area contributed by atoms with Crippen LogP contribution in [0.5, 0.6) is 5.75 Å². The van der Waals surface area contributed by atoms with E-state index in [0.29, 0.717) is 28.9 Å². The molecule has 2 aromatic rings. The Morgan fingerprint density at radius 2 is 2.03 bits per heavy atom. The number of fused-ring (bicyclic) bond motifs is 1. The Hall–Kier alpha value is -3.21. The van der Waals surface area contributed by atoms with Crippen molar-refractivity contribution in [1.82, 2.24) is 15.5 Å². The Morgan fingerprint density at radius 3 is 2.72 bits per heavy atom. The Morgan fingerprint density at radius 1 is 1.25 bits per heavy atom. The topological polar surface area (TPSA) is 119 Å². The standard InChI is InChI=1S/C26H33N3O7/c1-16(2)12-20(25(31)28-24-17(3)35-15-21(24)30)27-26(32)23-14-18-13-19(4-5-22(18)36-23)34-11-8-29-6-9-33-10-7-29/h4-5,13-14,17,20,24H,1,6-12,15H2,2-3H3,(H,27,32)(H,28,31)/t17-,20?,24+/m1/s1. The molecule has 0 aliphatic carbocycles. The predicted octanol–water partition coefficient (Wildman–Crippen LogP) is 1.68. The maximum atomic E-state index is 13.0. The van der Waals surface area contributed by atoms with Crippen molar-refractivity contribution in [3.05, 3.63) is 42.2 Å². The van der Waals surface area contributed by atoms with Gasteiger partial charge in [0.15, 0.2) is 11.5 Å². The van der Waals surface area contributed by atoms with E-state index in [0.717, 1.165) is 32.8 Å². The average Bonchev–Trinajstić information content (AvgIpc) is 3.42. The minimum Gasteiger partial charge on any atom is -0.492 e. The van der Waals surface area contributed by atoms with Crippen LogP contribution in [0.15, 0.2) is 40.8 Å². The first-order valence-electron chi connectivity index (χ1n) is 12.2. The number of ether oxygens (including phenoxy) is 3. The van der Waals surface area contributed by atoms with Gasteiger partial charge in [-0.15, -0.1) is 6.58 Å². The summed E-state index contributed by atoms with van der Waals surface area (Å²) in [6.07, 6.45) is -0.210. The molecule has 2 fully saturated rings. The molecule has 4 rings (SSSR count). The third-order valence-electron chi connectivity index (χ3n) is 6.27. The maximum Gasteiger partial charge on any atom is 0.287 e. The monoisotopic (exact) mass is 499 g/mol. The predicted molar refractivity (Wildman–Crippen MR) is 132 cm³/mol. The molecule has 2 amide bonds. The van der Waals surface area contributed by atoms with E-state index in [4.69, 9.17) is 18.6 Å². The normalized spacial score (nSPS) is 21.3. The summed E-state index contributed by atoms with van der Waals surface area (Å²) in [6, 6.07) is 5.33. The van der Waals surface area contributed by atoms with E-state index < -0.39 is 30.0 Å². The Labute approximate surface area is 209 Å². The lowest BCUT2D eigenvalue weighted by molar-refractivity contribution is -0.127. The fourth-order valence-electron chi connectivity index (χ4n) is 4.24. The molecule has 2 aliphatic rings. The van der Waals surface area contributed by atoms with Crippen molar-refractivity contribution in [2.45, 2.75) is 38.5 Å². The number of morpholine rings is 1. The van der Waals surface area contributed by atoms with Gasteiger partial charge in [-0.25, -0.2) is 0 Å². The molecular weight excluding hydrogens is 466 g/mol. The van der Waals surface area contributed by atoms with Crippen molar-refractivity contribution < 1.29 is 33.0 Å². The second-order valence-corrected chi connectivity index (χ2v) is 9.27. The zero-order valence-corrected chi connectivity index (χ0v) is 20.7. The summed E-state index contributed by atoms with van der Waals surface area (Å²) >= 11 is 0. The highest BCUT2D eigenvalue weighted by atomic mass is 16.5. The van der Waals surface area contributed by atoms with Gasteiger partial charge >= 0.3 is 0 Å². The summed E-state index contributed by atoms with van der Waals surface area (Å²) in [5.41, 5.74) is 1.24. The number of nitrogens with zero attached hydrogens (tertiary/aromatic N) is 1. The van der Waals surface area contributed by atoms with Crippen LogP contribution < -0.4 is 15.4 Å². The number of furan rings is 1. The van der Waals surface area contributed by atoms with E-state index in [1.54, 1.807) is 32.0 Å². The fourth-order valence-corrected chi connectivity index (χ4v) is 4.24. The number of nitrogens with one attached hydrogen (secondary N) is 2. The van der Waals surface area contributed by atoms with Crippen LogP contribution in [-0.2, 0) is 19.1 Å². The summed E-state index contributed by atoms with van der Waals surface area (Å²) in [5.74, 6) is -0.459. The lowest BCUT2D eigenvalue weighted by atomic mass is 10.1. The summed E-state index contributed by atoms with van der Waals surface area (Å²) in [7, 11) is 0. The lowest BCUT2D eigenvalue weighted by Crippen LogP contribution is -2.53. The molecule has 0 radical (unpaired) electrons. The lowest BCUT2D eigenvalue weighted by Gasteiger charge is -2.26. The molecule has 2 aliphatic heterocycles. The number of amides is 2. The minimum absolute atomic E-state index is 0.0402. The smallest absolute Gasteiger partial charge is 0.287 e. The molecule has 0 bridgehead atoms. The van der Waals surface area contributed by atoms with Crippen LogP contribution in [0.3, 0.4) is 0 Å². The zero-order valence-electron chi connectivity index (χ0n) is 20.7. The molecule has 1 unspecified atom stereocenters. The number of benzene rings is 1. The van der Waals surface area contributed by atoms with E-state index >= 15 is 0 Å². The summed E-state index contributed by atoms with van der Waals surface area (Å²) < 4.78 is 22.2. The van der Waals surface area contributed by atoms with Crippen LogP contribution >= 0.6 is 0 Å². The van der Waals surface area contributed by atoms with Gasteiger partial charge in [0, 0.05) is 25.0 Å². The number of Topliss-reactive ketones (excluding diaryl/α,β-unsaturated/α-hetero) is 1. The van der Waals surface area contributed by atoms with Gasteiger partial charge in [-0.3, -0.25) is 19.3 Å². The van der Waals surface area contributed by atoms with Gasteiger partial charge in [-0.2, -0.15) is 0 Å². The van der Waals surface area contributed by atoms with Crippen LogP contribution in [0.4, 0.5) is 0 Å². The fraction of sp³-hybridized carbons (Fsp3) is 0.500. The van der Waals surface area contributed by atoms with E-state index in [1.165, 1.54) is 0 Å². The molecule has 3 atom stereocenters. The highest BCUT2D eigenvalue weighted by Gasteiger charge is 2.35. The molecule has 0 saturated carbocycles. The van der Waals surface area contributed by atoms with Gasteiger partial charge in [0.25, 0.3) is 5.91 Å². The van der Waals surface area contributed by atoms with Crippen molar-refractivity contribution in [2.24, 2.45) is 0 Å². The highest BCUT2D eigenvalue weighted by molar-refractivity contribution is 6.00. The van der Waals surface area contributed by atoms with Gasteiger partial charge < -0.3 is 29.3 Å². The molecule has 1 aromatic carbocycles. The summed E-state index contributed by atoms with van der Waals surface area (Å²) in [5, 5.41) is 6.12. The molecule has 2 N–H and O–H groups in total. The van der Waals surface area contributed by atoms with E-state index in [9.17, 15) is 14.4 Å². The second-order valence-electron chi connectivity index (χ2n) is 9.27. The van der Waals surface area contributed by atoms with Gasteiger partial charge in [0.05, 0.1) is 19.3 Å². The van der Waals surface area contributed by atoms with Gasteiger partial charge in [-0.05, 0) is 44.5 Å². The number of hydrogen-bond acceptors (Lipinski definition) is 8. The molecule has 0 spiro atoms. The second kappa shape index (κ2) is 11.7. The molecule has 194 valence electrons. The van der Waals surface area contributed by atoms with Crippen molar-refractivity contribution in [3.63, 3.8) is 0 Å². The maximum absolute atomic E-state index is 13.0. The average molecular weight is 500 g/mol. The van der Waals surface area contributed by atoms with Gasteiger partial charge in [0.1, 0.15) is 36.6 Å². The molecule has 36 heavy (non-hydrogen) atoms. The number of carbonyl (C=O) groups excluding carboxylic acids is 3. The molecule has 10 nitrogen and oxygen atoms in total. The van der Waals surface area contributed by atoms with Crippen molar-refractivity contribution in [1.29, 1.82) is 0 Å². The Kier molecular flexibility index (Phi) is 8.40. The quantitative estimate of drug-likeness (QED) is 0.474. The number of carbonyl (C=O) groups is 3. The van der Waals surface area contributed by atoms with E-state index in [1.807, 2.05) is 6.07 Å². The third-order valence-corrected chi connectivity index (χ3v) is 6.27. The van der Waals surface area contributed by atoms with E-state index in [2.05, 4.69) is 22.1 Å². The van der Waals surface area contributed by atoms with Crippen LogP contribution in [0.25, 0.3) is 11.0 Å². The van der Waals surface area contributed by atoms with Crippen molar-refractivity contribution >= 4 is 28.6 Å². The van der Waals surface area contributed by atoms with Crippen molar-refractivity contribution in [3.8, 4) is 5.75 Å². The van der Waals surface area contributed by atoms with Crippen molar-refractivity contribution in [2.75, 3.05) is 46.1 Å². The summed E-state index contributed by atoms with van der Waals surface area (Å²) in [4.78, 5) is 40.1. The van der Waals surface area contributed by atoms with Crippen LogP contribution in [0.1, 0.15) is 30.8 Å². The summed E-state index contributed by atoms with van der Waals surface area (Å²) in [6.45, 7) is 11.9. The van der Waals surface area contributed by atoms with Gasteiger partial charge in [-0.1, -0.05) is 5.57 Å². The number of hydrogen-bond donors (Lipinski definition) is 2. The van der Waals surface area contributed by atoms with E-state index in [-0.39, 0.29) is 24.6 Å². The Bertz CT molecular complexity index is 1120. The molecule has 3 heterocycles. The van der Waals surface area contributed by atoms with Crippen LogP contribution in [0, 0.1) is 0 Å². The molecule has 10 heteroatoms. The molecule has 1 aromatic heterocycles. The Balaban J connectivity index is 1.38. The van der Waals surface area contributed by atoms with Crippen LogP contribution in [-0.4, -0.2) is 86.7 Å². The molecular formula is C26H33N3O7. The number of rotatable bonds is 10. The van der Waals surface area contributed by atoms with Crippen LogP contribution in [0.2, 0.25) is 0 Å². The first kappa shape index (κ1) is 25.9. The largest absolute Gasteiger partial charge is 0.492 e. The first-order chi connectivity index (χ1) is 17.3. The first-order valence-corrected chi connectivity index (χ1v) is 12.2. The SMILES string of the molecule is C=C(C)CC(NC(=O)c1cc2cc(OCCN3CCOCC3)ccc2o1)C(=O)N[C@@H]1C(=O)CO[C@@H]1C. The zero-order chi connectivity index (χ0) is 25.7. The third kappa shape index (κ3) is 6.51.